The van der Waals surface area contributed by atoms with Gasteiger partial charge in [-0.1, -0.05) is 21.9 Å². The molecule has 0 amide bonds. The highest BCUT2D eigenvalue weighted by molar-refractivity contribution is 14.1. The molecule has 0 aromatic rings. The summed E-state index contributed by atoms with van der Waals surface area (Å²) in [5.74, 6) is 2.57. The van der Waals surface area contributed by atoms with Gasteiger partial charge in [0.1, 0.15) is 6.10 Å². The molecule has 0 bridgehead atoms. The minimum Gasteiger partial charge on any atom is -0.430 e. The summed E-state index contributed by atoms with van der Waals surface area (Å²) < 4.78 is 11.9. The van der Waals surface area contributed by atoms with Gasteiger partial charge < -0.3 is 9.47 Å². The summed E-state index contributed by atoms with van der Waals surface area (Å²) in [4.78, 5) is 10.8. The van der Waals surface area contributed by atoms with Crippen LogP contribution in [0.3, 0.4) is 0 Å². The summed E-state index contributed by atoms with van der Waals surface area (Å²) in [7, 11) is 0. The Morgan fingerprint density at radius 2 is 2.42 bits per heavy atom. The molecule has 0 N–H and O–H groups in total. The average Bonchev–Trinajstić information content (AvgIpc) is 2.05. The van der Waals surface area contributed by atoms with Gasteiger partial charge in [0.15, 0.2) is 6.61 Å². The zero-order chi connectivity index (χ0) is 9.40. The maximum atomic E-state index is 10.8. The van der Waals surface area contributed by atoms with Gasteiger partial charge in [0, 0.05) is 27.9 Å². The van der Waals surface area contributed by atoms with Gasteiger partial charge in [-0.25, -0.2) is 4.79 Å². The first-order valence-electron chi connectivity index (χ1n) is 3.18. The van der Waals surface area contributed by atoms with Gasteiger partial charge in [0.25, 0.3) is 0 Å². The highest BCUT2D eigenvalue weighted by Gasteiger charge is 2.07. The Bertz CT molecular complexity index is 197. The predicted octanol–water partition coefficient (Wildman–Crippen LogP) is 2.32. The molecule has 0 aliphatic heterocycles. The molecule has 5 heteroatoms. The third-order valence-corrected chi connectivity index (χ3v) is 2.14. The normalized spacial score (nSPS) is 10.9. The molecule has 0 saturated carbocycles. The lowest BCUT2D eigenvalue weighted by Crippen LogP contribution is -2.17. The summed E-state index contributed by atoms with van der Waals surface area (Å²) in [5, 5.41) is 0.597. The lowest BCUT2D eigenvalue weighted by Gasteiger charge is -2.08. The Morgan fingerprint density at radius 3 is 2.92 bits per heavy atom. The van der Waals surface area contributed by atoms with E-state index in [9.17, 15) is 4.79 Å². The van der Waals surface area contributed by atoms with E-state index in [1.807, 2.05) is 22.6 Å². The molecule has 1 unspecified atom stereocenters. The molecule has 1 atom stereocenters. The van der Waals surface area contributed by atoms with Crippen LogP contribution in [-0.4, -0.2) is 24.2 Å². The van der Waals surface area contributed by atoms with E-state index in [0.717, 1.165) is 0 Å². The van der Waals surface area contributed by atoms with Crippen molar-refractivity contribution in [3.8, 4) is 9.85 Å². The van der Waals surface area contributed by atoms with E-state index >= 15 is 0 Å². The monoisotopic (exact) mass is 346 g/mol. The van der Waals surface area contributed by atoms with Gasteiger partial charge in [-0.2, -0.15) is 0 Å². The Kier molecular flexibility index (Phi) is 7.70. The number of carbonyl (C=O) groups excluding carboxylic acids is 1. The Morgan fingerprint density at radius 1 is 1.75 bits per heavy atom. The molecular weight excluding hydrogens is 339 g/mol. The first-order valence-corrected chi connectivity index (χ1v) is 5.38. The van der Waals surface area contributed by atoms with Crippen molar-refractivity contribution in [2.45, 2.75) is 13.0 Å². The number of ether oxygens (including phenoxy) is 2. The van der Waals surface area contributed by atoms with Crippen LogP contribution >= 0.6 is 38.5 Å². The first kappa shape index (κ1) is 12.0. The molecule has 0 aliphatic carbocycles. The summed E-state index contributed by atoms with van der Waals surface area (Å²) >= 11 is 5.03. The van der Waals surface area contributed by atoms with Gasteiger partial charge >= 0.3 is 6.16 Å². The van der Waals surface area contributed by atoms with Crippen LogP contribution < -0.4 is 0 Å². The lowest BCUT2D eigenvalue weighted by molar-refractivity contribution is 0.0442. The SMILES string of the molecule is CC(CBr)OC(=O)OCC#CI. The van der Waals surface area contributed by atoms with Crippen molar-refractivity contribution in [3.05, 3.63) is 0 Å². The van der Waals surface area contributed by atoms with Crippen molar-refractivity contribution < 1.29 is 14.3 Å². The summed E-state index contributed by atoms with van der Waals surface area (Å²) in [6.07, 6.45) is -0.855. The van der Waals surface area contributed by atoms with E-state index in [0.29, 0.717) is 5.33 Å². The molecule has 0 aliphatic rings. The second-order valence-corrected chi connectivity index (χ2v) is 3.08. The minimum absolute atomic E-state index is 0.0801. The third-order valence-electron chi connectivity index (χ3n) is 0.844. The van der Waals surface area contributed by atoms with Crippen LogP contribution in [-0.2, 0) is 9.47 Å². The molecule has 0 aromatic heterocycles. The smallest absolute Gasteiger partial charge is 0.430 e. The third kappa shape index (κ3) is 6.73. The Balaban J connectivity index is 3.50. The van der Waals surface area contributed by atoms with E-state index in [-0.39, 0.29) is 12.7 Å². The summed E-state index contributed by atoms with van der Waals surface area (Å²) in [6, 6.07) is 0. The second-order valence-electron chi connectivity index (χ2n) is 1.89. The maximum absolute atomic E-state index is 10.8. The zero-order valence-electron chi connectivity index (χ0n) is 6.47. The van der Waals surface area contributed by atoms with E-state index in [1.165, 1.54) is 0 Å². The molecule has 12 heavy (non-hydrogen) atoms. The molecule has 0 spiro atoms. The summed E-state index contributed by atoms with van der Waals surface area (Å²) in [6.45, 7) is 1.84. The van der Waals surface area contributed by atoms with Crippen molar-refractivity contribution in [2.75, 3.05) is 11.9 Å². The molecule has 68 valence electrons. The summed E-state index contributed by atoms with van der Waals surface area (Å²) in [5.41, 5.74) is 0. The number of carbonyl (C=O) groups is 1. The number of rotatable bonds is 3. The lowest BCUT2D eigenvalue weighted by atomic mass is 10.5. The predicted molar refractivity (Wildman–Crippen MR) is 57.5 cm³/mol. The highest BCUT2D eigenvalue weighted by Crippen LogP contribution is 1.97. The van der Waals surface area contributed by atoms with Gasteiger partial charge in [-0.3, -0.25) is 0 Å². The van der Waals surface area contributed by atoms with Crippen LogP contribution in [0.25, 0.3) is 0 Å². The van der Waals surface area contributed by atoms with Crippen LogP contribution in [0.5, 0.6) is 0 Å². The molecule has 3 nitrogen and oxygen atoms in total. The van der Waals surface area contributed by atoms with E-state index < -0.39 is 6.16 Å². The van der Waals surface area contributed by atoms with Crippen LogP contribution in [0.1, 0.15) is 6.92 Å². The van der Waals surface area contributed by atoms with Gasteiger partial charge in [0.2, 0.25) is 0 Å². The van der Waals surface area contributed by atoms with E-state index in [4.69, 9.17) is 4.74 Å². The average molecular weight is 347 g/mol. The van der Waals surface area contributed by atoms with Gasteiger partial charge in [-0.15, -0.1) is 0 Å². The van der Waals surface area contributed by atoms with E-state index in [1.54, 1.807) is 6.92 Å². The standard InChI is InChI=1S/C7H8BrIO3/c1-6(5-8)12-7(10)11-4-2-3-9/h6H,4-5H2,1H3. The quantitative estimate of drug-likeness (QED) is 0.340. The van der Waals surface area contributed by atoms with Crippen molar-refractivity contribution in [1.82, 2.24) is 0 Å². The van der Waals surface area contributed by atoms with Crippen molar-refractivity contribution >= 4 is 44.7 Å². The molecular formula is C7H8BrIO3. The van der Waals surface area contributed by atoms with Gasteiger partial charge in [0.05, 0.1) is 0 Å². The fourth-order valence-electron chi connectivity index (χ4n) is 0.352. The largest absolute Gasteiger partial charge is 0.509 e. The van der Waals surface area contributed by atoms with Gasteiger partial charge in [-0.05, 0) is 10.9 Å². The molecule has 0 fully saturated rings. The maximum Gasteiger partial charge on any atom is 0.509 e. The molecule has 0 saturated heterocycles. The fraction of sp³-hybridized carbons (Fsp3) is 0.571. The number of hydrogen-bond donors (Lipinski definition) is 0. The van der Waals surface area contributed by atoms with Crippen LogP contribution in [0.2, 0.25) is 0 Å². The topological polar surface area (TPSA) is 35.5 Å². The zero-order valence-corrected chi connectivity index (χ0v) is 10.2. The van der Waals surface area contributed by atoms with Crippen LogP contribution in [0, 0.1) is 9.85 Å². The second kappa shape index (κ2) is 7.68. The number of halogens is 2. The van der Waals surface area contributed by atoms with Crippen molar-refractivity contribution in [2.24, 2.45) is 0 Å². The first-order chi connectivity index (χ1) is 5.70. The number of alkyl halides is 1. The van der Waals surface area contributed by atoms with Crippen LogP contribution in [0.15, 0.2) is 0 Å². The molecule has 0 rings (SSSR count). The van der Waals surface area contributed by atoms with E-state index in [2.05, 4.69) is 30.5 Å². The van der Waals surface area contributed by atoms with Crippen molar-refractivity contribution in [3.63, 3.8) is 0 Å². The minimum atomic E-state index is -0.680. The molecule has 0 aromatic carbocycles. The molecule has 0 heterocycles. The fourth-order valence-corrected chi connectivity index (χ4v) is 0.640. The molecule has 0 radical (unpaired) electrons. The Labute approximate surface area is 93.4 Å². The van der Waals surface area contributed by atoms with Crippen LogP contribution in [0.4, 0.5) is 4.79 Å². The highest BCUT2D eigenvalue weighted by atomic mass is 127. The van der Waals surface area contributed by atoms with Crippen molar-refractivity contribution in [1.29, 1.82) is 0 Å². The Hall–Kier alpha value is 0.0400. The number of hydrogen-bond acceptors (Lipinski definition) is 3.